The molecule has 0 fully saturated rings. The molecule has 0 atom stereocenters. The van der Waals surface area contributed by atoms with Crippen LogP contribution in [-0.4, -0.2) is 9.97 Å². The van der Waals surface area contributed by atoms with Gasteiger partial charge in [0.15, 0.2) is 0 Å². The minimum atomic E-state index is -0.260. The van der Waals surface area contributed by atoms with E-state index in [4.69, 9.17) is 5.73 Å². The molecule has 16 heavy (non-hydrogen) atoms. The Bertz CT molecular complexity index is 496. The smallest absolute Gasteiger partial charge is 0.128 e. The molecule has 0 radical (unpaired) electrons. The number of nitrogen functional groups attached to an aromatic ring is 1. The van der Waals surface area contributed by atoms with Crippen molar-refractivity contribution in [2.45, 2.75) is 16.8 Å². The monoisotopic (exact) mass is 235 g/mol. The average molecular weight is 235 g/mol. The Kier molecular flexibility index (Phi) is 3.05. The molecule has 3 nitrogen and oxygen atoms in total. The summed E-state index contributed by atoms with van der Waals surface area (Å²) >= 11 is 1.36. The Balaban J connectivity index is 2.27. The standard InChI is InChI=1S/C11H10FN3S/c1-7-14-10(13)6-11(15-7)16-9-4-2-3-8(12)5-9/h2-6H,1H3,(H2,13,14,15). The van der Waals surface area contributed by atoms with Crippen molar-refractivity contribution in [3.05, 3.63) is 42.0 Å². The highest BCUT2D eigenvalue weighted by Crippen LogP contribution is 2.27. The number of benzene rings is 1. The number of nitrogens with zero attached hydrogens (tertiary/aromatic N) is 2. The summed E-state index contributed by atoms with van der Waals surface area (Å²) in [6, 6.07) is 8.01. The molecule has 0 saturated heterocycles. The first kappa shape index (κ1) is 10.9. The maximum Gasteiger partial charge on any atom is 0.128 e. The first-order chi connectivity index (χ1) is 7.63. The predicted molar refractivity (Wildman–Crippen MR) is 61.7 cm³/mol. The van der Waals surface area contributed by atoms with E-state index in [0.717, 1.165) is 9.92 Å². The lowest BCUT2D eigenvalue weighted by Crippen LogP contribution is -1.96. The van der Waals surface area contributed by atoms with E-state index in [1.807, 2.05) is 6.07 Å². The molecular weight excluding hydrogens is 225 g/mol. The molecule has 0 spiro atoms. The van der Waals surface area contributed by atoms with E-state index in [9.17, 15) is 4.39 Å². The average Bonchev–Trinajstić information content (AvgIpc) is 2.15. The molecule has 82 valence electrons. The number of nitrogens with two attached hydrogens (primary N) is 1. The van der Waals surface area contributed by atoms with Crippen molar-refractivity contribution < 1.29 is 4.39 Å². The van der Waals surface area contributed by atoms with Crippen LogP contribution < -0.4 is 5.73 Å². The summed E-state index contributed by atoms with van der Waals surface area (Å²) in [4.78, 5) is 8.97. The van der Waals surface area contributed by atoms with Crippen molar-refractivity contribution in [3.63, 3.8) is 0 Å². The summed E-state index contributed by atoms with van der Waals surface area (Å²) in [5, 5.41) is 0.718. The Labute approximate surface area is 96.9 Å². The van der Waals surface area contributed by atoms with Crippen molar-refractivity contribution in [1.82, 2.24) is 9.97 Å². The van der Waals surface area contributed by atoms with E-state index in [-0.39, 0.29) is 5.82 Å². The Morgan fingerprint density at radius 2 is 2.06 bits per heavy atom. The van der Waals surface area contributed by atoms with E-state index in [1.54, 1.807) is 19.1 Å². The van der Waals surface area contributed by atoms with Crippen LogP contribution in [0.15, 0.2) is 40.3 Å². The van der Waals surface area contributed by atoms with E-state index in [0.29, 0.717) is 11.6 Å². The van der Waals surface area contributed by atoms with Gasteiger partial charge in [-0.2, -0.15) is 0 Å². The molecule has 0 amide bonds. The molecule has 2 aromatic rings. The van der Waals surface area contributed by atoms with E-state index in [2.05, 4.69) is 9.97 Å². The van der Waals surface area contributed by atoms with Crippen LogP contribution in [0.4, 0.5) is 10.2 Å². The van der Waals surface area contributed by atoms with Gasteiger partial charge in [-0.3, -0.25) is 0 Å². The predicted octanol–water partition coefficient (Wildman–Crippen LogP) is 2.66. The quantitative estimate of drug-likeness (QED) is 0.813. The number of aryl methyl sites for hydroxylation is 1. The molecule has 0 saturated carbocycles. The third kappa shape index (κ3) is 2.70. The Hall–Kier alpha value is -1.62. The van der Waals surface area contributed by atoms with E-state index < -0.39 is 0 Å². The minimum Gasteiger partial charge on any atom is -0.384 e. The molecule has 2 rings (SSSR count). The molecule has 1 aromatic heterocycles. The van der Waals surface area contributed by atoms with E-state index >= 15 is 0 Å². The summed E-state index contributed by atoms with van der Waals surface area (Å²) in [6.45, 7) is 1.77. The van der Waals surface area contributed by atoms with Crippen LogP contribution in [0, 0.1) is 12.7 Å². The number of halogens is 1. The Morgan fingerprint density at radius 3 is 2.75 bits per heavy atom. The van der Waals surface area contributed by atoms with Crippen molar-refractivity contribution in [1.29, 1.82) is 0 Å². The fourth-order valence-electron chi connectivity index (χ4n) is 1.27. The van der Waals surface area contributed by atoms with Crippen molar-refractivity contribution in [2.24, 2.45) is 0 Å². The van der Waals surface area contributed by atoms with Gasteiger partial charge in [-0.15, -0.1) is 0 Å². The SMILES string of the molecule is Cc1nc(N)cc(Sc2cccc(F)c2)n1. The van der Waals surface area contributed by atoms with Gasteiger partial charge in [0.25, 0.3) is 0 Å². The van der Waals surface area contributed by atoms with Crippen LogP contribution in [0.1, 0.15) is 5.82 Å². The summed E-state index contributed by atoms with van der Waals surface area (Å²) in [5.74, 6) is 0.772. The third-order valence-corrected chi connectivity index (χ3v) is 2.76. The largest absolute Gasteiger partial charge is 0.384 e. The zero-order valence-corrected chi connectivity index (χ0v) is 9.46. The fourth-order valence-corrected chi connectivity index (χ4v) is 2.18. The molecule has 2 N–H and O–H groups in total. The molecule has 0 unspecified atom stereocenters. The number of hydrogen-bond acceptors (Lipinski definition) is 4. The molecule has 0 bridgehead atoms. The van der Waals surface area contributed by atoms with Crippen LogP contribution in [0.25, 0.3) is 0 Å². The van der Waals surface area contributed by atoms with Gasteiger partial charge >= 0.3 is 0 Å². The highest BCUT2D eigenvalue weighted by atomic mass is 32.2. The lowest BCUT2D eigenvalue weighted by Gasteiger charge is -2.03. The van der Waals surface area contributed by atoms with Gasteiger partial charge in [-0.05, 0) is 25.1 Å². The molecule has 5 heteroatoms. The molecule has 1 aromatic carbocycles. The molecule has 0 aliphatic rings. The number of rotatable bonds is 2. The number of hydrogen-bond donors (Lipinski definition) is 1. The maximum absolute atomic E-state index is 13.0. The highest BCUT2D eigenvalue weighted by Gasteiger charge is 2.02. The summed E-state index contributed by atoms with van der Waals surface area (Å²) < 4.78 is 13.0. The van der Waals surface area contributed by atoms with Crippen LogP contribution in [0.5, 0.6) is 0 Å². The minimum absolute atomic E-state index is 0.260. The topological polar surface area (TPSA) is 51.8 Å². The lowest BCUT2D eigenvalue weighted by atomic mass is 10.4. The van der Waals surface area contributed by atoms with Gasteiger partial charge in [0, 0.05) is 11.0 Å². The zero-order chi connectivity index (χ0) is 11.5. The van der Waals surface area contributed by atoms with Gasteiger partial charge < -0.3 is 5.73 Å². The van der Waals surface area contributed by atoms with Gasteiger partial charge in [0.1, 0.15) is 22.5 Å². The maximum atomic E-state index is 13.0. The zero-order valence-electron chi connectivity index (χ0n) is 8.64. The summed E-state index contributed by atoms with van der Waals surface area (Å²) in [5.41, 5.74) is 5.60. The fraction of sp³-hybridized carbons (Fsp3) is 0.0909. The van der Waals surface area contributed by atoms with Gasteiger partial charge in [0.2, 0.25) is 0 Å². The van der Waals surface area contributed by atoms with Crippen LogP contribution in [0.2, 0.25) is 0 Å². The second-order valence-electron chi connectivity index (χ2n) is 3.24. The number of aromatic nitrogens is 2. The molecular formula is C11H10FN3S. The first-order valence-electron chi connectivity index (χ1n) is 4.68. The summed E-state index contributed by atoms with van der Waals surface area (Å²) in [7, 11) is 0. The van der Waals surface area contributed by atoms with Crippen LogP contribution >= 0.6 is 11.8 Å². The van der Waals surface area contributed by atoms with Crippen molar-refractivity contribution >= 4 is 17.6 Å². The van der Waals surface area contributed by atoms with Gasteiger partial charge in [-0.25, -0.2) is 14.4 Å². The second kappa shape index (κ2) is 4.49. The van der Waals surface area contributed by atoms with Crippen LogP contribution in [0.3, 0.4) is 0 Å². The van der Waals surface area contributed by atoms with Gasteiger partial charge in [0.05, 0.1) is 0 Å². The molecule has 1 heterocycles. The van der Waals surface area contributed by atoms with Crippen molar-refractivity contribution in [3.8, 4) is 0 Å². The van der Waals surface area contributed by atoms with Gasteiger partial charge in [-0.1, -0.05) is 17.8 Å². The first-order valence-corrected chi connectivity index (χ1v) is 5.50. The number of anilines is 1. The summed E-state index contributed by atoms with van der Waals surface area (Å²) in [6.07, 6.45) is 0. The highest BCUT2D eigenvalue weighted by molar-refractivity contribution is 7.99. The molecule has 0 aliphatic heterocycles. The van der Waals surface area contributed by atoms with E-state index in [1.165, 1.54) is 23.9 Å². The van der Waals surface area contributed by atoms with Crippen LogP contribution in [-0.2, 0) is 0 Å². The van der Waals surface area contributed by atoms with Crippen molar-refractivity contribution in [2.75, 3.05) is 5.73 Å². The molecule has 0 aliphatic carbocycles. The Morgan fingerprint density at radius 1 is 1.25 bits per heavy atom. The normalized spacial score (nSPS) is 10.4. The lowest BCUT2D eigenvalue weighted by molar-refractivity contribution is 0.624. The second-order valence-corrected chi connectivity index (χ2v) is 4.33. The third-order valence-electron chi connectivity index (χ3n) is 1.85.